The molecule has 3 heterocycles. The van der Waals surface area contributed by atoms with Crippen LogP contribution in [0.25, 0.3) is 127 Å². The van der Waals surface area contributed by atoms with Gasteiger partial charge in [0.05, 0.1) is 11.0 Å². The van der Waals surface area contributed by atoms with Crippen LogP contribution in [0.1, 0.15) is 0 Å². The van der Waals surface area contributed by atoms with Crippen molar-refractivity contribution >= 4 is 86.8 Å². The largest absolute Gasteiger partial charge is 0.456 e. The second kappa shape index (κ2) is 12.7. The molecule has 5 nitrogen and oxygen atoms in total. The lowest BCUT2D eigenvalue weighted by molar-refractivity contribution is 0.669. The van der Waals surface area contributed by atoms with Crippen LogP contribution >= 0.6 is 0 Å². The summed E-state index contributed by atoms with van der Waals surface area (Å²) in [6, 6.07) is 68.7. The first-order chi connectivity index (χ1) is 29.7. The van der Waals surface area contributed by atoms with E-state index in [1.165, 1.54) is 48.5 Å². The molecule has 60 heavy (non-hydrogen) atoms. The van der Waals surface area contributed by atoms with Gasteiger partial charge in [-0.1, -0.05) is 146 Å². The van der Waals surface area contributed by atoms with Crippen molar-refractivity contribution in [3.8, 4) is 39.9 Å². The number of rotatable bonds is 4. The average Bonchev–Trinajstić information content (AvgIpc) is 3.85. The predicted molar refractivity (Wildman–Crippen MR) is 248 cm³/mol. The maximum Gasteiger partial charge on any atom is 0.238 e. The number of benzene rings is 10. The summed E-state index contributed by atoms with van der Waals surface area (Å²) in [5, 5.41) is 13.9. The van der Waals surface area contributed by atoms with Gasteiger partial charge in [-0.3, -0.25) is 4.57 Å². The number of aromatic nitrogens is 4. The zero-order valence-corrected chi connectivity index (χ0v) is 32.2. The van der Waals surface area contributed by atoms with E-state index in [0.717, 1.165) is 60.6 Å². The van der Waals surface area contributed by atoms with Gasteiger partial charge in [-0.15, -0.1) is 0 Å². The summed E-state index contributed by atoms with van der Waals surface area (Å²) < 4.78 is 8.66. The smallest absolute Gasteiger partial charge is 0.238 e. The molecule has 3 aromatic heterocycles. The quantitative estimate of drug-likeness (QED) is 0.179. The van der Waals surface area contributed by atoms with Gasteiger partial charge in [-0.05, 0) is 103 Å². The predicted octanol–water partition coefficient (Wildman–Crippen LogP) is 14.5. The van der Waals surface area contributed by atoms with Crippen LogP contribution in [0.3, 0.4) is 0 Å². The molecule has 0 amide bonds. The van der Waals surface area contributed by atoms with Gasteiger partial charge >= 0.3 is 0 Å². The average molecular weight is 765 g/mol. The first kappa shape index (κ1) is 32.9. The summed E-state index contributed by atoms with van der Waals surface area (Å²) in [5.74, 6) is 1.73. The molecule has 0 saturated carbocycles. The second-order valence-electron chi connectivity index (χ2n) is 15.6. The summed E-state index contributed by atoms with van der Waals surface area (Å²) in [7, 11) is 0. The van der Waals surface area contributed by atoms with Crippen LogP contribution in [-0.2, 0) is 0 Å². The van der Waals surface area contributed by atoms with Gasteiger partial charge in [0, 0.05) is 32.7 Å². The Labute approximate surface area is 343 Å². The molecule has 0 bridgehead atoms. The zero-order valence-electron chi connectivity index (χ0n) is 32.2. The first-order valence-corrected chi connectivity index (χ1v) is 20.3. The van der Waals surface area contributed by atoms with Crippen LogP contribution in [0.2, 0.25) is 0 Å². The van der Waals surface area contributed by atoms with Gasteiger partial charge in [0.15, 0.2) is 11.6 Å². The normalized spacial score (nSPS) is 12.0. The Morgan fingerprint density at radius 3 is 1.58 bits per heavy atom. The van der Waals surface area contributed by atoms with E-state index in [9.17, 15) is 0 Å². The molecule has 0 aliphatic rings. The highest BCUT2D eigenvalue weighted by Gasteiger charge is 2.22. The third-order valence-corrected chi connectivity index (χ3v) is 12.2. The van der Waals surface area contributed by atoms with Gasteiger partial charge < -0.3 is 4.42 Å². The molecule has 13 rings (SSSR count). The molecule has 5 heteroatoms. The minimum absolute atomic E-state index is 0.553. The van der Waals surface area contributed by atoms with Gasteiger partial charge in [-0.2, -0.15) is 9.97 Å². The third kappa shape index (κ3) is 4.96. The molecule has 0 aliphatic carbocycles. The van der Waals surface area contributed by atoms with Gasteiger partial charge in [-0.25, -0.2) is 4.98 Å². The monoisotopic (exact) mass is 764 g/mol. The lowest BCUT2D eigenvalue weighted by Crippen LogP contribution is -2.07. The van der Waals surface area contributed by atoms with Crippen molar-refractivity contribution in [3.05, 3.63) is 194 Å². The summed E-state index contributed by atoms with van der Waals surface area (Å²) in [6.07, 6.45) is 0. The maximum atomic E-state index is 6.43. The van der Waals surface area contributed by atoms with Gasteiger partial charge in [0.2, 0.25) is 5.95 Å². The first-order valence-electron chi connectivity index (χ1n) is 20.3. The van der Waals surface area contributed by atoms with Crippen LogP contribution in [0, 0.1) is 0 Å². The Kier molecular flexibility index (Phi) is 6.95. The fourth-order valence-electron chi connectivity index (χ4n) is 9.37. The van der Waals surface area contributed by atoms with Crippen molar-refractivity contribution in [2.75, 3.05) is 0 Å². The Hall–Kier alpha value is -8.15. The Morgan fingerprint density at radius 1 is 0.333 bits per heavy atom. The van der Waals surface area contributed by atoms with Crippen LogP contribution in [-0.4, -0.2) is 19.5 Å². The Bertz CT molecular complexity index is 3820. The van der Waals surface area contributed by atoms with E-state index in [2.05, 4.69) is 193 Å². The molecule has 13 aromatic rings. The molecule has 0 atom stereocenters. The van der Waals surface area contributed by atoms with Crippen LogP contribution in [0.15, 0.2) is 199 Å². The molecular weight excluding hydrogens is 733 g/mol. The van der Waals surface area contributed by atoms with E-state index >= 15 is 0 Å². The molecule has 0 N–H and O–H groups in total. The highest BCUT2D eigenvalue weighted by atomic mass is 16.3. The summed E-state index contributed by atoms with van der Waals surface area (Å²) in [5.41, 5.74) is 7.70. The molecule has 0 aliphatic heterocycles. The fraction of sp³-hybridized carbons (Fsp3) is 0. The van der Waals surface area contributed by atoms with Crippen molar-refractivity contribution in [3.63, 3.8) is 0 Å². The minimum Gasteiger partial charge on any atom is -0.456 e. The van der Waals surface area contributed by atoms with E-state index in [0.29, 0.717) is 17.6 Å². The lowest BCUT2D eigenvalue weighted by Gasteiger charge is -2.14. The summed E-state index contributed by atoms with van der Waals surface area (Å²) in [6.45, 7) is 0. The van der Waals surface area contributed by atoms with Gasteiger partial charge in [0.25, 0.3) is 0 Å². The molecule has 0 saturated heterocycles. The van der Waals surface area contributed by atoms with Crippen molar-refractivity contribution in [2.24, 2.45) is 0 Å². The Balaban J connectivity index is 1.11. The standard InChI is InChI=1S/C55H32N4O/c1-2-14-36-29-39(22-21-33(36)11-1)41-17-9-10-20-44(41)54-56-53(40-25-28-49-45(31-40)46-30-37-15-3-4-16-38(37)32-50(46)60-49)57-55(58-54)59-47-26-23-34-12-5-7-18-42(34)51(47)52-43-19-8-6-13-35(43)24-27-48(52)59/h1-32H. The number of fused-ring (bicyclic) bond motifs is 12. The second-order valence-corrected chi connectivity index (χ2v) is 15.6. The van der Waals surface area contributed by atoms with Crippen molar-refractivity contribution in [1.29, 1.82) is 0 Å². The highest BCUT2D eigenvalue weighted by molar-refractivity contribution is 6.28. The number of furan rings is 1. The van der Waals surface area contributed by atoms with E-state index in [-0.39, 0.29) is 0 Å². The fourth-order valence-corrected chi connectivity index (χ4v) is 9.37. The minimum atomic E-state index is 0.553. The topological polar surface area (TPSA) is 56.7 Å². The van der Waals surface area contributed by atoms with Crippen molar-refractivity contribution < 1.29 is 4.42 Å². The Morgan fingerprint density at radius 2 is 0.867 bits per heavy atom. The SMILES string of the molecule is c1ccc(-c2nc(-c3ccc4oc5cc6ccccc6cc5c4c3)nc(-n3c4ccc5ccccc5c4c4c5ccccc5ccc43)n2)c(-c2ccc3ccccc3c2)c1. The lowest BCUT2D eigenvalue weighted by atomic mass is 9.96. The maximum absolute atomic E-state index is 6.43. The van der Waals surface area contributed by atoms with Crippen LogP contribution < -0.4 is 0 Å². The summed E-state index contributed by atoms with van der Waals surface area (Å²) in [4.78, 5) is 16.2. The van der Waals surface area contributed by atoms with Crippen LogP contribution in [0.4, 0.5) is 0 Å². The molecule has 0 radical (unpaired) electrons. The van der Waals surface area contributed by atoms with Gasteiger partial charge in [0.1, 0.15) is 11.2 Å². The van der Waals surface area contributed by atoms with E-state index in [1.807, 2.05) is 6.07 Å². The highest BCUT2D eigenvalue weighted by Crippen LogP contribution is 2.42. The number of hydrogen-bond donors (Lipinski definition) is 0. The third-order valence-electron chi connectivity index (χ3n) is 12.2. The van der Waals surface area contributed by atoms with Crippen molar-refractivity contribution in [1.82, 2.24) is 19.5 Å². The zero-order chi connectivity index (χ0) is 39.3. The number of nitrogens with zero attached hydrogens (tertiary/aromatic N) is 4. The van der Waals surface area contributed by atoms with Crippen molar-refractivity contribution in [2.45, 2.75) is 0 Å². The van der Waals surface area contributed by atoms with Crippen LogP contribution in [0.5, 0.6) is 0 Å². The molecule has 0 unspecified atom stereocenters. The molecule has 0 spiro atoms. The van der Waals surface area contributed by atoms with E-state index in [1.54, 1.807) is 0 Å². The molecule has 0 fully saturated rings. The molecule has 10 aromatic carbocycles. The molecular formula is C55H32N4O. The van der Waals surface area contributed by atoms with E-state index in [4.69, 9.17) is 19.4 Å². The molecule has 278 valence electrons. The summed E-state index contributed by atoms with van der Waals surface area (Å²) >= 11 is 0. The van der Waals surface area contributed by atoms with E-state index < -0.39 is 0 Å². The number of hydrogen-bond acceptors (Lipinski definition) is 4.